The summed E-state index contributed by atoms with van der Waals surface area (Å²) in [5.74, 6) is -1.36. The lowest BCUT2D eigenvalue weighted by atomic mass is 9.95. The second kappa shape index (κ2) is 17.3. The molecule has 0 radical (unpaired) electrons. The highest BCUT2D eigenvalue weighted by Gasteiger charge is 2.15. The van der Waals surface area contributed by atoms with Crippen molar-refractivity contribution in [3.8, 4) is 23.3 Å². The number of carbonyl (C=O) groups is 2. The Kier molecular flexibility index (Phi) is 11.2. The van der Waals surface area contributed by atoms with Crippen LogP contribution in [0.3, 0.4) is 0 Å². The van der Waals surface area contributed by atoms with Gasteiger partial charge in [0.2, 0.25) is 5.76 Å². The molecule has 0 heterocycles. The van der Waals surface area contributed by atoms with E-state index in [1.807, 2.05) is 84.9 Å². The molecule has 0 saturated carbocycles. The molecule has 1 N–H and O–H groups in total. The van der Waals surface area contributed by atoms with Crippen LogP contribution in [-0.4, -0.2) is 17.5 Å². The highest BCUT2D eigenvalue weighted by Crippen LogP contribution is 2.38. The monoisotopic (exact) mass is 739 g/mol. The van der Waals surface area contributed by atoms with E-state index in [-0.39, 0.29) is 17.8 Å². The Morgan fingerprint density at radius 2 is 1.04 bits per heavy atom. The van der Waals surface area contributed by atoms with E-state index in [1.165, 1.54) is 12.2 Å². The number of nitriles is 2. The van der Waals surface area contributed by atoms with Crippen LogP contribution in [0.15, 0.2) is 181 Å². The zero-order valence-corrected chi connectivity index (χ0v) is 30.5. The van der Waals surface area contributed by atoms with Crippen molar-refractivity contribution < 1.29 is 19.4 Å². The third-order valence-electron chi connectivity index (χ3n) is 9.35. The minimum Gasteiger partial charge on any atom is -0.477 e. The maximum Gasteiger partial charge on any atom is 0.346 e. The van der Waals surface area contributed by atoms with Crippen molar-refractivity contribution in [2.24, 2.45) is 0 Å². The number of aliphatic carboxylic acids is 1. The van der Waals surface area contributed by atoms with E-state index in [4.69, 9.17) is 10.00 Å². The van der Waals surface area contributed by atoms with Crippen LogP contribution in [-0.2, 0) is 14.3 Å². The normalized spacial score (nSPS) is 11.2. The third-order valence-corrected chi connectivity index (χ3v) is 9.35. The maximum atomic E-state index is 11.3. The van der Waals surface area contributed by atoms with Gasteiger partial charge in [0.15, 0.2) is 0 Å². The summed E-state index contributed by atoms with van der Waals surface area (Å²) in [4.78, 5) is 24.3. The van der Waals surface area contributed by atoms with Gasteiger partial charge in [0.25, 0.3) is 6.47 Å². The third kappa shape index (κ3) is 8.77. The number of carboxylic acids is 1. The SMILES string of the molecule is N#C/C(=C\c1ccc(N(c2ccc(C=C(c3ccccc3)c3ccccc3)cc2)c2ccc3cc(-c4ccc(/C=C(\C#N)C(=O)O)cc4)ccc3c2)cc1)OC=O. The van der Waals surface area contributed by atoms with Gasteiger partial charge in [-0.15, -0.1) is 0 Å². The van der Waals surface area contributed by atoms with Crippen LogP contribution in [0.2, 0.25) is 0 Å². The second-order valence-electron chi connectivity index (χ2n) is 13.0. The number of carbonyl (C=O) groups excluding carboxylic acids is 1. The number of fused-ring (bicyclic) bond motifs is 1. The smallest absolute Gasteiger partial charge is 0.346 e. The van der Waals surface area contributed by atoms with Gasteiger partial charge in [-0.1, -0.05) is 127 Å². The zero-order chi connectivity index (χ0) is 39.6. The molecule has 7 aromatic carbocycles. The number of hydrogen-bond donors (Lipinski definition) is 1. The fourth-order valence-corrected chi connectivity index (χ4v) is 6.55. The van der Waals surface area contributed by atoms with Crippen molar-refractivity contribution in [3.63, 3.8) is 0 Å². The Bertz CT molecular complexity index is 2700. The molecule has 0 aliphatic heterocycles. The number of benzene rings is 7. The number of ether oxygens (including phenoxy) is 1. The predicted octanol–water partition coefficient (Wildman–Crippen LogP) is 11.6. The maximum absolute atomic E-state index is 11.3. The molecular formula is C50H33N3O4. The Balaban J connectivity index is 1.25. The molecule has 0 aliphatic carbocycles. The standard InChI is InChI=1S/C50H33N3O4/c51-32-44(50(55)56)27-35-11-17-38(18-12-35)41-19-20-43-31-47(26-21-42(43)30-41)53(45-22-13-36(14-23-45)28-48(33-52)57-34-54)46-24-15-37(16-25-46)29-49(39-7-3-1-4-8-39)40-9-5-2-6-10-40/h1-31,34H,(H,55,56)/b44-27+,48-28+. The summed E-state index contributed by atoms with van der Waals surface area (Å²) >= 11 is 0. The molecule has 0 spiro atoms. The van der Waals surface area contributed by atoms with Crippen LogP contribution >= 0.6 is 0 Å². The van der Waals surface area contributed by atoms with Crippen LogP contribution in [0.1, 0.15) is 27.8 Å². The molecule has 0 aliphatic rings. The van der Waals surface area contributed by atoms with Gasteiger partial charge in [0.1, 0.15) is 17.7 Å². The van der Waals surface area contributed by atoms with Crippen LogP contribution in [0.5, 0.6) is 0 Å². The largest absolute Gasteiger partial charge is 0.477 e. The molecule has 7 aromatic rings. The first-order chi connectivity index (χ1) is 27.9. The fraction of sp³-hybridized carbons (Fsp3) is 0. The van der Waals surface area contributed by atoms with Gasteiger partial charge in [0.05, 0.1) is 0 Å². The average Bonchev–Trinajstić information content (AvgIpc) is 3.26. The molecule has 0 saturated heterocycles. The van der Waals surface area contributed by atoms with Crippen LogP contribution in [0, 0.1) is 22.7 Å². The number of carboxylic acid groups (broad SMARTS) is 1. The van der Waals surface area contributed by atoms with E-state index in [0.29, 0.717) is 11.1 Å². The average molecular weight is 740 g/mol. The van der Waals surface area contributed by atoms with Gasteiger partial charge in [-0.25, -0.2) is 4.79 Å². The second-order valence-corrected chi connectivity index (χ2v) is 13.0. The molecule has 0 aromatic heterocycles. The van der Waals surface area contributed by atoms with Crippen molar-refractivity contribution in [1.29, 1.82) is 10.5 Å². The van der Waals surface area contributed by atoms with Crippen LogP contribution in [0.4, 0.5) is 17.1 Å². The first-order valence-corrected chi connectivity index (χ1v) is 18.0. The van der Waals surface area contributed by atoms with Gasteiger partial charge in [0, 0.05) is 17.1 Å². The molecule has 0 unspecified atom stereocenters. The summed E-state index contributed by atoms with van der Waals surface area (Å²) in [6.45, 7) is 0.236. The lowest BCUT2D eigenvalue weighted by Crippen LogP contribution is -2.10. The summed E-state index contributed by atoms with van der Waals surface area (Å²) in [6, 6.07) is 60.3. The summed E-state index contributed by atoms with van der Waals surface area (Å²) in [5, 5.41) is 29.7. The van der Waals surface area contributed by atoms with Gasteiger partial charge in [-0.3, -0.25) is 4.79 Å². The lowest BCUT2D eigenvalue weighted by molar-refractivity contribution is -0.132. The van der Waals surface area contributed by atoms with Gasteiger partial charge < -0.3 is 14.7 Å². The molecule has 0 atom stereocenters. The Labute approximate surface area is 330 Å². The van der Waals surface area contributed by atoms with Crippen LogP contribution in [0.25, 0.3) is 45.7 Å². The fourth-order valence-electron chi connectivity index (χ4n) is 6.55. The number of hydrogen-bond acceptors (Lipinski definition) is 6. The highest BCUT2D eigenvalue weighted by molar-refractivity contribution is 5.97. The topological polar surface area (TPSA) is 114 Å². The Hall–Kier alpha value is -8.26. The summed E-state index contributed by atoms with van der Waals surface area (Å²) in [5.41, 5.74) is 10.1. The van der Waals surface area contributed by atoms with Gasteiger partial charge in [-0.05, 0) is 116 Å². The number of allylic oxidation sites excluding steroid dienone is 1. The molecule has 0 amide bonds. The molecule has 0 bridgehead atoms. The molecular weight excluding hydrogens is 707 g/mol. The van der Waals surface area contributed by atoms with E-state index in [0.717, 1.165) is 61.2 Å². The molecule has 57 heavy (non-hydrogen) atoms. The summed E-state index contributed by atoms with van der Waals surface area (Å²) < 4.78 is 4.79. The predicted molar refractivity (Wildman–Crippen MR) is 226 cm³/mol. The van der Waals surface area contributed by atoms with Gasteiger partial charge >= 0.3 is 5.97 Å². The number of anilines is 3. The van der Waals surface area contributed by atoms with Crippen molar-refractivity contribution in [2.75, 3.05) is 4.90 Å². The quantitative estimate of drug-likeness (QED) is 0.0436. The van der Waals surface area contributed by atoms with E-state index in [1.54, 1.807) is 18.2 Å². The highest BCUT2D eigenvalue weighted by atomic mass is 16.5. The zero-order valence-electron chi connectivity index (χ0n) is 30.5. The molecule has 0 fully saturated rings. The number of rotatable bonds is 12. The molecule has 7 rings (SSSR count). The molecule has 7 heteroatoms. The Morgan fingerprint density at radius 1 is 0.544 bits per heavy atom. The van der Waals surface area contributed by atoms with Gasteiger partial charge in [-0.2, -0.15) is 10.5 Å². The lowest BCUT2D eigenvalue weighted by Gasteiger charge is -2.26. The molecule has 7 nitrogen and oxygen atoms in total. The van der Waals surface area contributed by atoms with E-state index in [9.17, 15) is 20.0 Å². The summed E-state index contributed by atoms with van der Waals surface area (Å²) in [7, 11) is 0. The first kappa shape index (κ1) is 37.1. The van der Waals surface area contributed by atoms with E-state index >= 15 is 0 Å². The van der Waals surface area contributed by atoms with E-state index in [2.05, 4.69) is 89.8 Å². The van der Waals surface area contributed by atoms with Crippen molar-refractivity contribution in [3.05, 3.63) is 209 Å². The van der Waals surface area contributed by atoms with Crippen molar-refractivity contribution >= 4 is 64.1 Å². The summed E-state index contributed by atoms with van der Waals surface area (Å²) in [6.07, 6.45) is 5.07. The van der Waals surface area contributed by atoms with Crippen molar-refractivity contribution in [2.45, 2.75) is 0 Å². The number of nitrogens with zero attached hydrogens (tertiary/aromatic N) is 3. The van der Waals surface area contributed by atoms with Crippen molar-refractivity contribution in [1.82, 2.24) is 0 Å². The minimum atomic E-state index is -1.26. The first-order valence-electron chi connectivity index (χ1n) is 18.0. The molecule has 272 valence electrons. The Morgan fingerprint density at radius 3 is 1.58 bits per heavy atom. The van der Waals surface area contributed by atoms with Crippen LogP contribution < -0.4 is 4.90 Å². The minimum absolute atomic E-state index is 0.100. The van der Waals surface area contributed by atoms with E-state index < -0.39 is 5.97 Å².